The predicted octanol–water partition coefficient (Wildman–Crippen LogP) is 3.53. The van der Waals surface area contributed by atoms with E-state index in [0.29, 0.717) is 15.7 Å². The van der Waals surface area contributed by atoms with Gasteiger partial charge in [0.2, 0.25) is 0 Å². The Labute approximate surface area is 141 Å². The fraction of sp³-hybridized carbons (Fsp3) is 0.0667. The number of aromatic nitrogens is 1. The fourth-order valence-corrected chi connectivity index (χ4v) is 3.87. The highest BCUT2D eigenvalue weighted by atomic mass is 32.2. The quantitative estimate of drug-likeness (QED) is 0.768. The maximum Gasteiger partial charge on any atom is 0.267 e. The number of hydrogen-bond donors (Lipinski definition) is 1. The first-order valence-corrected chi connectivity index (χ1v) is 10.2. The van der Waals surface area contributed by atoms with Crippen molar-refractivity contribution in [2.24, 2.45) is 0 Å². The lowest BCUT2D eigenvalue weighted by Gasteiger charge is -2.00. The van der Waals surface area contributed by atoms with E-state index in [9.17, 15) is 13.2 Å². The zero-order valence-corrected chi connectivity index (χ0v) is 14.5. The average Bonchev–Trinajstić information content (AvgIpc) is 3.18. The second-order valence-corrected chi connectivity index (χ2v) is 8.59. The van der Waals surface area contributed by atoms with Gasteiger partial charge in [0.15, 0.2) is 15.0 Å². The van der Waals surface area contributed by atoms with E-state index in [4.69, 9.17) is 0 Å². The molecule has 8 heteroatoms. The van der Waals surface area contributed by atoms with E-state index in [1.807, 2.05) is 16.8 Å². The molecule has 23 heavy (non-hydrogen) atoms. The highest BCUT2D eigenvalue weighted by molar-refractivity contribution is 7.90. The van der Waals surface area contributed by atoms with Crippen LogP contribution in [0.5, 0.6) is 0 Å². The number of sulfone groups is 1. The second kappa shape index (κ2) is 6.23. The van der Waals surface area contributed by atoms with E-state index in [0.717, 1.165) is 5.56 Å². The van der Waals surface area contributed by atoms with Crippen LogP contribution < -0.4 is 5.32 Å². The van der Waals surface area contributed by atoms with Gasteiger partial charge in [0, 0.05) is 17.2 Å². The Bertz CT molecular complexity index is 927. The zero-order chi connectivity index (χ0) is 16.4. The van der Waals surface area contributed by atoms with Gasteiger partial charge in [-0.2, -0.15) is 0 Å². The number of nitrogens with one attached hydrogen (secondary N) is 1. The smallest absolute Gasteiger partial charge is 0.267 e. The van der Waals surface area contributed by atoms with Gasteiger partial charge in [0.1, 0.15) is 0 Å². The molecule has 0 fully saturated rings. The lowest BCUT2D eigenvalue weighted by atomic mass is 10.2. The maximum atomic E-state index is 12.0. The molecule has 0 spiro atoms. The molecule has 0 saturated heterocycles. The molecule has 0 atom stereocenters. The van der Waals surface area contributed by atoms with Crippen LogP contribution in [0, 0.1) is 0 Å². The van der Waals surface area contributed by atoms with Gasteiger partial charge in [-0.25, -0.2) is 13.4 Å². The van der Waals surface area contributed by atoms with Crippen LogP contribution in [-0.2, 0) is 9.84 Å². The van der Waals surface area contributed by atoms with Crippen LogP contribution in [0.1, 0.15) is 9.67 Å². The number of thiazole rings is 1. The van der Waals surface area contributed by atoms with Crippen molar-refractivity contribution in [1.29, 1.82) is 0 Å². The molecule has 1 aromatic carbocycles. The van der Waals surface area contributed by atoms with Crippen LogP contribution in [0.2, 0.25) is 0 Å². The van der Waals surface area contributed by atoms with Crippen molar-refractivity contribution in [3.8, 4) is 11.3 Å². The van der Waals surface area contributed by atoms with Gasteiger partial charge >= 0.3 is 0 Å². The van der Waals surface area contributed by atoms with Gasteiger partial charge in [-0.1, -0.05) is 18.2 Å². The van der Waals surface area contributed by atoms with Gasteiger partial charge < -0.3 is 0 Å². The topological polar surface area (TPSA) is 76.1 Å². The molecule has 118 valence electrons. The molecule has 0 saturated carbocycles. The Hall–Kier alpha value is -2.03. The minimum absolute atomic E-state index is 0.187. The van der Waals surface area contributed by atoms with Crippen molar-refractivity contribution in [1.82, 2.24) is 4.98 Å². The summed E-state index contributed by atoms with van der Waals surface area (Å²) in [5.41, 5.74) is 1.49. The molecular formula is C15H12N2O3S3. The molecule has 0 aliphatic carbocycles. The van der Waals surface area contributed by atoms with Crippen LogP contribution in [-0.4, -0.2) is 25.6 Å². The first-order valence-electron chi connectivity index (χ1n) is 6.54. The molecular weight excluding hydrogens is 352 g/mol. The number of rotatable bonds is 4. The molecule has 1 amide bonds. The predicted molar refractivity (Wildman–Crippen MR) is 92.9 cm³/mol. The van der Waals surface area contributed by atoms with Gasteiger partial charge in [-0.3, -0.25) is 10.1 Å². The van der Waals surface area contributed by atoms with Gasteiger partial charge in [-0.15, -0.1) is 22.7 Å². The first-order chi connectivity index (χ1) is 10.9. The molecule has 0 aliphatic rings. The van der Waals surface area contributed by atoms with Crippen LogP contribution in [0.25, 0.3) is 11.3 Å². The lowest BCUT2D eigenvalue weighted by Crippen LogP contribution is -2.09. The number of anilines is 1. The normalized spacial score (nSPS) is 11.3. The Kier molecular flexibility index (Phi) is 4.29. The highest BCUT2D eigenvalue weighted by Gasteiger charge is 2.12. The molecule has 3 aromatic rings. The number of carbonyl (C=O) groups is 1. The fourth-order valence-electron chi connectivity index (χ4n) is 1.90. The van der Waals surface area contributed by atoms with E-state index in [2.05, 4.69) is 10.3 Å². The number of benzene rings is 1. The number of thiophene rings is 1. The summed E-state index contributed by atoms with van der Waals surface area (Å²) < 4.78 is 22.9. The summed E-state index contributed by atoms with van der Waals surface area (Å²) in [5.74, 6) is -0.187. The third kappa shape index (κ3) is 3.66. The Morgan fingerprint density at radius 3 is 2.48 bits per heavy atom. The van der Waals surface area contributed by atoms with Crippen LogP contribution in [0.15, 0.2) is 52.1 Å². The minimum Gasteiger partial charge on any atom is -0.297 e. The maximum absolute atomic E-state index is 12.0. The summed E-state index contributed by atoms with van der Waals surface area (Å²) in [6.45, 7) is 0. The molecule has 0 unspecified atom stereocenters. The molecule has 1 N–H and O–H groups in total. The zero-order valence-electron chi connectivity index (χ0n) is 12.0. The van der Waals surface area contributed by atoms with Crippen molar-refractivity contribution in [2.75, 3.05) is 11.6 Å². The van der Waals surface area contributed by atoms with Crippen molar-refractivity contribution in [2.45, 2.75) is 4.90 Å². The van der Waals surface area contributed by atoms with E-state index in [-0.39, 0.29) is 10.8 Å². The highest BCUT2D eigenvalue weighted by Crippen LogP contribution is 2.26. The minimum atomic E-state index is -3.21. The number of amides is 1. The van der Waals surface area contributed by atoms with Crippen molar-refractivity contribution < 1.29 is 13.2 Å². The summed E-state index contributed by atoms with van der Waals surface area (Å²) in [7, 11) is -3.21. The largest absolute Gasteiger partial charge is 0.297 e. The summed E-state index contributed by atoms with van der Waals surface area (Å²) in [6.07, 6.45) is 1.17. The molecule has 3 rings (SSSR count). The SMILES string of the molecule is CS(=O)(=O)c1ccc(-c2csc(NC(=O)c3cccs3)n2)cc1. The second-order valence-electron chi connectivity index (χ2n) is 4.77. The Balaban J connectivity index is 1.78. The standard InChI is InChI=1S/C15H12N2O3S3/c1-23(19,20)11-6-4-10(5-7-11)12-9-22-15(16-12)17-14(18)13-3-2-8-21-13/h2-9H,1H3,(H,16,17,18). The van der Waals surface area contributed by atoms with E-state index in [1.165, 1.54) is 28.9 Å². The number of carbonyl (C=O) groups excluding carboxylic acids is 1. The number of hydrogen-bond acceptors (Lipinski definition) is 6. The van der Waals surface area contributed by atoms with Crippen molar-refractivity contribution >= 4 is 43.5 Å². The summed E-state index contributed by atoms with van der Waals surface area (Å²) in [4.78, 5) is 17.2. The van der Waals surface area contributed by atoms with E-state index < -0.39 is 9.84 Å². The average molecular weight is 364 g/mol. The first kappa shape index (κ1) is 15.9. The monoisotopic (exact) mass is 364 g/mol. The third-order valence-corrected chi connectivity index (χ3v) is 5.80. The summed E-state index contributed by atoms with van der Waals surface area (Å²) in [5, 5.41) is 6.92. The summed E-state index contributed by atoms with van der Waals surface area (Å²) >= 11 is 2.69. The van der Waals surface area contributed by atoms with Crippen molar-refractivity contribution in [3.63, 3.8) is 0 Å². The molecule has 2 heterocycles. The van der Waals surface area contributed by atoms with Crippen molar-refractivity contribution in [3.05, 3.63) is 52.0 Å². The van der Waals surface area contributed by atoms with Gasteiger partial charge in [0.05, 0.1) is 15.5 Å². The molecule has 5 nitrogen and oxygen atoms in total. The third-order valence-electron chi connectivity index (χ3n) is 3.05. The van der Waals surface area contributed by atoms with Gasteiger partial charge in [-0.05, 0) is 23.6 Å². The van der Waals surface area contributed by atoms with E-state index in [1.54, 1.807) is 30.3 Å². The molecule has 0 aliphatic heterocycles. The van der Waals surface area contributed by atoms with Crippen LogP contribution in [0.4, 0.5) is 5.13 Å². The van der Waals surface area contributed by atoms with Gasteiger partial charge in [0.25, 0.3) is 5.91 Å². The molecule has 0 radical (unpaired) electrons. The summed E-state index contributed by atoms with van der Waals surface area (Å²) in [6, 6.07) is 10.1. The van der Waals surface area contributed by atoms with E-state index >= 15 is 0 Å². The lowest BCUT2D eigenvalue weighted by molar-refractivity contribution is 0.103. The molecule has 0 bridgehead atoms. The molecule has 2 aromatic heterocycles. The van der Waals surface area contributed by atoms with Crippen LogP contribution in [0.3, 0.4) is 0 Å². The number of nitrogens with zero attached hydrogens (tertiary/aromatic N) is 1. The Morgan fingerprint density at radius 1 is 1.13 bits per heavy atom. The Morgan fingerprint density at radius 2 is 1.87 bits per heavy atom. The van der Waals surface area contributed by atoms with Crippen LogP contribution >= 0.6 is 22.7 Å².